The number of carboxylic acid groups (broad SMARTS) is 1. The van der Waals surface area contributed by atoms with Crippen molar-refractivity contribution in [3.63, 3.8) is 0 Å². The van der Waals surface area contributed by atoms with E-state index in [2.05, 4.69) is 10.3 Å². The Kier molecular flexibility index (Phi) is 7.68. The van der Waals surface area contributed by atoms with Gasteiger partial charge in [0.25, 0.3) is 11.5 Å². The van der Waals surface area contributed by atoms with Gasteiger partial charge in [-0.3, -0.25) is 35.2 Å². The van der Waals surface area contributed by atoms with Crippen LogP contribution in [0, 0.1) is 5.92 Å². The van der Waals surface area contributed by atoms with Crippen LogP contribution < -0.4 is 27.3 Å². The van der Waals surface area contributed by atoms with E-state index in [0.29, 0.717) is 23.0 Å². The van der Waals surface area contributed by atoms with Crippen LogP contribution >= 0.6 is 0 Å². The molecule has 36 heavy (non-hydrogen) atoms. The summed E-state index contributed by atoms with van der Waals surface area (Å²) in [7, 11) is 0. The monoisotopic (exact) mass is 490 g/mol. The molecule has 1 atom stereocenters. The molecule has 188 valence electrons. The summed E-state index contributed by atoms with van der Waals surface area (Å²) in [5, 5.41) is 12.0. The van der Waals surface area contributed by atoms with Crippen LogP contribution in [0.3, 0.4) is 0 Å². The Morgan fingerprint density at radius 1 is 1.06 bits per heavy atom. The third-order valence-electron chi connectivity index (χ3n) is 6.79. The molecule has 4 rings (SSSR count). The number of guanidine groups is 1. The molecule has 2 heterocycles. The fourth-order valence-electron chi connectivity index (χ4n) is 4.97. The largest absolute Gasteiger partial charge is 0.481 e. The normalized spacial score (nSPS) is 18.3. The van der Waals surface area contributed by atoms with E-state index in [1.807, 2.05) is 18.2 Å². The van der Waals surface area contributed by atoms with Gasteiger partial charge in [-0.05, 0) is 73.4 Å². The number of carboxylic acids is 1. The van der Waals surface area contributed by atoms with Gasteiger partial charge in [0.2, 0.25) is 0 Å². The van der Waals surface area contributed by atoms with E-state index in [9.17, 15) is 19.5 Å². The van der Waals surface area contributed by atoms with Crippen molar-refractivity contribution in [2.45, 2.75) is 50.6 Å². The quantitative estimate of drug-likeness (QED) is 0.231. The summed E-state index contributed by atoms with van der Waals surface area (Å²) in [6.45, 7) is 0. The van der Waals surface area contributed by atoms with Crippen molar-refractivity contribution < 1.29 is 19.7 Å². The summed E-state index contributed by atoms with van der Waals surface area (Å²) in [5.74, 6) is -0.831. The first-order chi connectivity index (χ1) is 17.3. The van der Waals surface area contributed by atoms with Crippen LogP contribution in [-0.2, 0) is 11.2 Å². The number of nitrogens with two attached hydrogens (primary N) is 2. The molecule has 9 heteroatoms. The SMILES string of the molecule is NC(N)=[NH+]C1CCC(Cc2ccn3c(=O)c(C(=O)NC(CC(=O)O)c4ccccc4)ccc3c2)CC1. The summed E-state index contributed by atoms with van der Waals surface area (Å²) in [6.07, 6.45) is 6.49. The van der Waals surface area contributed by atoms with Crippen LogP contribution in [0.25, 0.3) is 5.52 Å². The minimum atomic E-state index is -1.04. The van der Waals surface area contributed by atoms with E-state index in [1.165, 1.54) is 10.5 Å². The van der Waals surface area contributed by atoms with Gasteiger partial charge in [0.05, 0.1) is 18.5 Å². The Bertz CT molecular complexity index is 1320. The van der Waals surface area contributed by atoms with Crippen LogP contribution in [0.4, 0.5) is 0 Å². The van der Waals surface area contributed by atoms with Gasteiger partial charge in [0, 0.05) is 11.7 Å². The van der Waals surface area contributed by atoms with Gasteiger partial charge in [0.1, 0.15) is 5.56 Å². The van der Waals surface area contributed by atoms with Gasteiger partial charge in [0.15, 0.2) is 0 Å². The van der Waals surface area contributed by atoms with Gasteiger partial charge >= 0.3 is 11.9 Å². The third-order valence-corrected chi connectivity index (χ3v) is 6.79. The average molecular weight is 491 g/mol. The number of carbonyl (C=O) groups is 2. The first-order valence-electron chi connectivity index (χ1n) is 12.2. The van der Waals surface area contributed by atoms with E-state index in [0.717, 1.165) is 37.7 Å². The lowest BCUT2D eigenvalue weighted by atomic mass is 9.82. The zero-order valence-electron chi connectivity index (χ0n) is 20.0. The van der Waals surface area contributed by atoms with Gasteiger partial charge in [-0.2, -0.15) is 0 Å². The fraction of sp³-hybridized carbons (Fsp3) is 0.333. The molecular weight excluding hydrogens is 458 g/mol. The van der Waals surface area contributed by atoms with Crippen molar-refractivity contribution in [2.24, 2.45) is 17.4 Å². The van der Waals surface area contributed by atoms with E-state index >= 15 is 0 Å². The molecule has 0 bridgehead atoms. The van der Waals surface area contributed by atoms with E-state index in [1.54, 1.807) is 36.5 Å². The number of hydrogen-bond acceptors (Lipinski definition) is 3. The second kappa shape index (κ2) is 11.1. The van der Waals surface area contributed by atoms with Crippen molar-refractivity contribution in [1.82, 2.24) is 9.72 Å². The first-order valence-corrected chi connectivity index (χ1v) is 12.2. The molecular formula is C27H32N5O4+. The zero-order valence-corrected chi connectivity index (χ0v) is 20.0. The minimum Gasteiger partial charge on any atom is -0.481 e. The molecule has 1 amide bonds. The van der Waals surface area contributed by atoms with Gasteiger partial charge in [-0.15, -0.1) is 0 Å². The summed E-state index contributed by atoms with van der Waals surface area (Å²) < 4.78 is 1.45. The van der Waals surface area contributed by atoms with Crippen molar-refractivity contribution >= 4 is 23.4 Å². The fourth-order valence-corrected chi connectivity index (χ4v) is 4.97. The van der Waals surface area contributed by atoms with Crippen molar-refractivity contribution in [1.29, 1.82) is 0 Å². The molecule has 0 aliphatic heterocycles. The number of nitrogens with zero attached hydrogens (tertiary/aromatic N) is 1. The Labute approximate surface area is 208 Å². The van der Waals surface area contributed by atoms with Crippen LogP contribution in [0.5, 0.6) is 0 Å². The van der Waals surface area contributed by atoms with Crippen molar-refractivity contribution in [3.8, 4) is 0 Å². The number of amides is 1. The number of hydrogen-bond donors (Lipinski definition) is 5. The number of rotatable bonds is 8. The Hall–Kier alpha value is -4.14. The molecule has 0 spiro atoms. The highest BCUT2D eigenvalue weighted by Gasteiger charge is 2.23. The van der Waals surface area contributed by atoms with E-state index in [4.69, 9.17) is 11.5 Å². The van der Waals surface area contributed by atoms with Gasteiger partial charge < -0.3 is 10.4 Å². The Morgan fingerprint density at radius 2 is 1.78 bits per heavy atom. The van der Waals surface area contributed by atoms with Crippen molar-refractivity contribution in [3.05, 3.63) is 87.8 Å². The molecule has 0 saturated heterocycles. The lowest BCUT2D eigenvalue weighted by Crippen LogP contribution is -2.84. The molecule has 1 aliphatic carbocycles. The molecule has 1 aliphatic rings. The van der Waals surface area contributed by atoms with Crippen molar-refractivity contribution in [2.75, 3.05) is 0 Å². The number of nitrogens with one attached hydrogen (secondary N) is 2. The van der Waals surface area contributed by atoms with Crippen LogP contribution in [0.2, 0.25) is 0 Å². The molecule has 1 unspecified atom stereocenters. The molecule has 3 aromatic rings. The van der Waals surface area contributed by atoms with E-state index < -0.39 is 23.5 Å². The average Bonchev–Trinajstić information content (AvgIpc) is 2.85. The highest BCUT2D eigenvalue weighted by atomic mass is 16.4. The first kappa shape index (κ1) is 25.0. The summed E-state index contributed by atoms with van der Waals surface area (Å²) in [4.78, 5) is 40.5. The second-order valence-corrected chi connectivity index (χ2v) is 9.44. The summed E-state index contributed by atoms with van der Waals surface area (Å²) in [6, 6.07) is 15.6. The second-order valence-electron chi connectivity index (χ2n) is 9.44. The number of carbonyl (C=O) groups excluding carboxylic acids is 1. The maximum atomic E-state index is 13.1. The highest BCUT2D eigenvalue weighted by molar-refractivity contribution is 5.94. The predicted octanol–water partition coefficient (Wildman–Crippen LogP) is 0.701. The highest BCUT2D eigenvalue weighted by Crippen LogP contribution is 2.26. The maximum Gasteiger partial charge on any atom is 0.338 e. The lowest BCUT2D eigenvalue weighted by Gasteiger charge is -2.25. The summed E-state index contributed by atoms with van der Waals surface area (Å²) >= 11 is 0. The van der Waals surface area contributed by atoms with Crippen LogP contribution in [-0.4, -0.2) is 33.4 Å². The van der Waals surface area contributed by atoms with Gasteiger partial charge in [-0.25, -0.2) is 0 Å². The molecule has 9 nitrogen and oxygen atoms in total. The zero-order chi connectivity index (χ0) is 25.7. The van der Waals surface area contributed by atoms with Gasteiger partial charge in [-0.1, -0.05) is 30.3 Å². The molecule has 2 aromatic heterocycles. The standard InChI is InChI=1S/C27H31N5O4/c28-27(29)30-20-8-6-17(7-9-20)14-18-12-13-32-21(15-18)10-11-22(26(32)36)25(35)31-23(16-24(33)34)19-4-2-1-3-5-19/h1-5,10-13,15,17,20,23H,6-9,14,16H2,(H,31,35)(H,33,34)(H4,28,29,30)/p+1. The number of pyridine rings is 2. The number of fused-ring (bicyclic) bond motifs is 1. The molecule has 0 radical (unpaired) electrons. The molecule has 1 fully saturated rings. The number of aromatic nitrogens is 1. The topological polar surface area (TPSA) is 154 Å². The lowest BCUT2D eigenvalue weighted by molar-refractivity contribution is -0.510. The summed E-state index contributed by atoms with van der Waals surface area (Å²) in [5.41, 5.74) is 13.1. The Morgan fingerprint density at radius 3 is 2.44 bits per heavy atom. The minimum absolute atomic E-state index is 0.0339. The Balaban J connectivity index is 1.48. The van der Waals surface area contributed by atoms with E-state index in [-0.39, 0.29) is 17.9 Å². The number of aliphatic carboxylic acids is 1. The number of benzene rings is 1. The smallest absolute Gasteiger partial charge is 0.338 e. The third kappa shape index (κ3) is 6.10. The molecule has 1 saturated carbocycles. The molecule has 7 N–H and O–H groups in total. The predicted molar refractivity (Wildman–Crippen MR) is 136 cm³/mol. The van der Waals surface area contributed by atoms with Crippen LogP contribution in [0.1, 0.15) is 59.6 Å². The maximum absolute atomic E-state index is 13.1. The molecule has 1 aromatic carbocycles. The van der Waals surface area contributed by atoms with Crippen LogP contribution in [0.15, 0.2) is 65.6 Å².